The zero-order chi connectivity index (χ0) is 49.5. The van der Waals surface area contributed by atoms with Crippen LogP contribution in [0.1, 0.15) is 101 Å². The number of carbonyl (C=O) groups is 4. The third kappa shape index (κ3) is 14.5. The number of amides is 4. The van der Waals surface area contributed by atoms with Crippen LogP contribution in [-0.4, -0.2) is 138 Å². The first-order valence-electron chi connectivity index (χ1n) is 25.3. The van der Waals surface area contributed by atoms with Crippen molar-refractivity contribution in [2.45, 2.75) is 116 Å². The highest BCUT2D eigenvalue weighted by Crippen LogP contribution is 2.36. The number of rotatable bonds is 22. The van der Waals surface area contributed by atoms with Gasteiger partial charge in [0.25, 0.3) is 0 Å². The van der Waals surface area contributed by atoms with Crippen LogP contribution >= 0.6 is 11.3 Å². The van der Waals surface area contributed by atoms with Crippen molar-refractivity contribution in [1.29, 1.82) is 0 Å². The van der Waals surface area contributed by atoms with E-state index in [9.17, 15) is 24.3 Å². The molecule has 3 aromatic carbocycles. The van der Waals surface area contributed by atoms with Crippen LogP contribution in [-0.2, 0) is 39.9 Å². The molecule has 4 aromatic rings. The molecule has 0 spiro atoms. The van der Waals surface area contributed by atoms with Crippen LogP contribution in [0.5, 0.6) is 0 Å². The van der Waals surface area contributed by atoms with E-state index in [-0.39, 0.29) is 69.0 Å². The molecule has 70 heavy (non-hydrogen) atoms. The van der Waals surface area contributed by atoms with Crippen LogP contribution in [0.15, 0.2) is 90.4 Å². The number of carbonyl (C=O) groups excluding carboxylic acids is 4. The Kier molecular flexibility index (Phi) is 19.5. The molecule has 0 bridgehead atoms. The minimum atomic E-state index is -0.928. The maximum atomic E-state index is 14.0. The minimum absolute atomic E-state index is 0.000942. The van der Waals surface area contributed by atoms with Gasteiger partial charge in [0.15, 0.2) is 0 Å². The Bertz CT molecular complexity index is 2230. The molecular weight excluding hydrogens is 905 g/mol. The van der Waals surface area contributed by atoms with E-state index >= 15 is 0 Å². The van der Waals surface area contributed by atoms with E-state index < -0.39 is 29.5 Å². The number of likely N-dealkylation sites (tertiary alicyclic amines) is 1. The second-order valence-electron chi connectivity index (χ2n) is 20.1. The summed E-state index contributed by atoms with van der Waals surface area (Å²) in [6, 6.07) is 27.9. The summed E-state index contributed by atoms with van der Waals surface area (Å²) in [6.45, 7) is 11.9. The number of piperazine rings is 1. The Morgan fingerprint density at radius 1 is 0.771 bits per heavy atom. The van der Waals surface area contributed by atoms with Gasteiger partial charge in [0.1, 0.15) is 12.1 Å². The minimum Gasteiger partial charge on any atom is -0.391 e. The summed E-state index contributed by atoms with van der Waals surface area (Å²) in [7, 11) is 0. The second kappa shape index (κ2) is 25.9. The zero-order valence-electron chi connectivity index (χ0n) is 41.6. The number of aliphatic hydroxyl groups is 1. The fourth-order valence-corrected chi connectivity index (χ4v) is 11.0. The lowest BCUT2D eigenvalue weighted by molar-refractivity contribution is -0.144. The Morgan fingerprint density at radius 2 is 1.39 bits per heavy atom. The van der Waals surface area contributed by atoms with Gasteiger partial charge in [0, 0.05) is 51.6 Å². The smallest absolute Gasteiger partial charge is 0.246 e. The van der Waals surface area contributed by atoms with Gasteiger partial charge >= 0.3 is 0 Å². The van der Waals surface area contributed by atoms with Crippen molar-refractivity contribution in [2.24, 2.45) is 11.3 Å². The van der Waals surface area contributed by atoms with Crippen LogP contribution in [0.4, 0.5) is 0 Å². The highest BCUT2D eigenvalue weighted by molar-refractivity contribution is 7.13. The molecule has 15 heteroatoms. The maximum Gasteiger partial charge on any atom is 0.246 e. The average Bonchev–Trinajstić information content (AvgIpc) is 3.99. The van der Waals surface area contributed by atoms with Gasteiger partial charge in [-0.1, -0.05) is 125 Å². The predicted molar refractivity (Wildman–Crippen MR) is 272 cm³/mol. The van der Waals surface area contributed by atoms with Crippen molar-refractivity contribution in [1.82, 2.24) is 30.3 Å². The molecule has 1 aromatic heterocycles. The first-order valence-corrected chi connectivity index (χ1v) is 26.2. The molecule has 378 valence electrons. The van der Waals surface area contributed by atoms with E-state index in [0.717, 1.165) is 47.6 Å². The van der Waals surface area contributed by atoms with E-state index in [4.69, 9.17) is 14.2 Å². The van der Waals surface area contributed by atoms with E-state index in [1.807, 2.05) is 57.5 Å². The molecule has 1 aliphatic carbocycles. The summed E-state index contributed by atoms with van der Waals surface area (Å²) < 4.78 is 17.3. The van der Waals surface area contributed by atoms with Gasteiger partial charge < -0.3 is 39.8 Å². The Morgan fingerprint density at radius 3 is 1.99 bits per heavy atom. The SMILES string of the molecule is Cc1ncsc1-c1ccc(CNC(=O)[C@@H]2C[C@@H](O)CN2C(=O)[C@@H](NC(=O)CCOCCOCCOCCC(=O)N2CCN(C(c3ccccc3)c3ccccc3)C[C@@H]2C2CCCCC2)C(C)(C)C)cc1. The maximum absolute atomic E-state index is 14.0. The lowest BCUT2D eigenvalue weighted by Gasteiger charge is -2.48. The predicted octanol–water partition coefficient (Wildman–Crippen LogP) is 6.94. The fraction of sp³-hybridized carbons (Fsp3) is 0.545. The number of β-amino-alcohol motifs (C(OH)–C–C–N with tert-alkyl or cyclic N) is 1. The van der Waals surface area contributed by atoms with E-state index in [2.05, 4.69) is 86.1 Å². The number of benzene rings is 3. The molecule has 3 fully saturated rings. The van der Waals surface area contributed by atoms with Crippen molar-refractivity contribution in [3.63, 3.8) is 0 Å². The molecular formula is C55H74N6O8S. The summed E-state index contributed by atoms with van der Waals surface area (Å²) in [5.41, 5.74) is 6.62. The fourth-order valence-electron chi connectivity index (χ4n) is 10.2. The van der Waals surface area contributed by atoms with Crippen LogP contribution in [0, 0.1) is 18.3 Å². The molecule has 2 aliphatic heterocycles. The normalized spacial score (nSPS) is 19.6. The lowest BCUT2D eigenvalue weighted by Crippen LogP contribution is -2.58. The van der Waals surface area contributed by atoms with Crippen molar-refractivity contribution in [3.05, 3.63) is 113 Å². The molecule has 4 amide bonds. The van der Waals surface area contributed by atoms with Crippen LogP contribution in [0.3, 0.4) is 0 Å². The van der Waals surface area contributed by atoms with Gasteiger partial charge in [0.05, 0.1) is 74.3 Å². The second-order valence-corrected chi connectivity index (χ2v) is 20.9. The standard InChI is InChI=1S/C55H74N6O8S/c1-39-51(70-38-57-39)44-22-20-40(21-23-44)35-56-53(65)46-34-45(62)36-61(46)54(66)52(55(2,3)4)58-48(63)24-28-67-30-32-69-33-31-68-29-25-49(64)60-27-26-59(37-47(60)41-14-8-5-9-15-41)50(42-16-10-6-11-17-42)43-18-12-7-13-19-43/h6-7,10-13,16-23,38,41,45-47,50,52,62H,5,8-9,14-15,24-37H2,1-4H3,(H,56,65)(H,58,63)/t45-,46+,47-,52-/m1/s1. The van der Waals surface area contributed by atoms with Crippen LogP contribution in [0.25, 0.3) is 10.4 Å². The van der Waals surface area contributed by atoms with E-state index in [0.29, 0.717) is 45.3 Å². The third-order valence-electron chi connectivity index (χ3n) is 13.9. The largest absolute Gasteiger partial charge is 0.391 e. The summed E-state index contributed by atoms with van der Waals surface area (Å²) >= 11 is 1.58. The molecule has 3 aliphatic rings. The Hall–Kier alpha value is -5.03. The van der Waals surface area contributed by atoms with Crippen molar-refractivity contribution >= 4 is 35.0 Å². The first-order chi connectivity index (χ1) is 33.9. The van der Waals surface area contributed by atoms with Gasteiger partial charge in [0.2, 0.25) is 23.6 Å². The quantitative estimate of drug-likeness (QED) is 0.0704. The molecule has 3 heterocycles. The topological polar surface area (TPSA) is 163 Å². The molecule has 1 saturated carbocycles. The van der Waals surface area contributed by atoms with Gasteiger partial charge in [-0.3, -0.25) is 24.1 Å². The molecule has 3 N–H and O–H groups in total. The number of aliphatic hydroxyl groups excluding tert-OH is 1. The van der Waals surface area contributed by atoms with Gasteiger partial charge in [-0.15, -0.1) is 11.3 Å². The highest BCUT2D eigenvalue weighted by atomic mass is 32.1. The zero-order valence-corrected chi connectivity index (χ0v) is 42.4. The van der Waals surface area contributed by atoms with Crippen molar-refractivity contribution in [3.8, 4) is 10.4 Å². The first kappa shape index (κ1) is 52.8. The van der Waals surface area contributed by atoms with E-state index in [1.165, 1.54) is 35.3 Å². The molecule has 0 radical (unpaired) electrons. The van der Waals surface area contributed by atoms with Crippen LogP contribution < -0.4 is 10.6 Å². The Balaban J connectivity index is 0.784. The number of hydrogen-bond donors (Lipinski definition) is 3. The summed E-state index contributed by atoms with van der Waals surface area (Å²) in [6.07, 6.45) is 5.64. The Labute approximate surface area is 418 Å². The summed E-state index contributed by atoms with van der Waals surface area (Å²) in [5, 5.41) is 16.4. The van der Waals surface area contributed by atoms with Crippen molar-refractivity contribution < 1.29 is 38.5 Å². The molecule has 2 saturated heterocycles. The molecule has 0 unspecified atom stereocenters. The van der Waals surface area contributed by atoms with Gasteiger partial charge in [-0.05, 0) is 53.4 Å². The highest BCUT2D eigenvalue weighted by Gasteiger charge is 2.45. The van der Waals surface area contributed by atoms with Gasteiger partial charge in [-0.25, -0.2) is 4.98 Å². The number of ether oxygens (including phenoxy) is 3. The number of aromatic nitrogens is 1. The van der Waals surface area contributed by atoms with Gasteiger partial charge in [-0.2, -0.15) is 0 Å². The lowest BCUT2D eigenvalue weighted by atomic mass is 9.81. The number of thiazole rings is 1. The average molecular weight is 979 g/mol. The van der Waals surface area contributed by atoms with Crippen molar-refractivity contribution in [2.75, 3.05) is 65.8 Å². The van der Waals surface area contributed by atoms with Crippen LogP contribution in [0.2, 0.25) is 0 Å². The molecule has 4 atom stereocenters. The number of hydrogen-bond acceptors (Lipinski definition) is 11. The third-order valence-corrected chi connectivity index (χ3v) is 14.9. The summed E-state index contributed by atoms with van der Waals surface area (Å²) in [4.78, 5) is 66.0. The number of nitrogens with zero attached hydrogens (tertiary/aromatic N) is 4. The summed E-state index contributed by atoms with van der Waals surface area (Å²) in [5.74, 6) is -0.481. The monoisotopic (exact) mass is 979 g/mol. The van der Waals surface area contributed by atoms with E-state index in [1.54, 1.807) is 11.3 Å². The molecule has 7 rings (SSSR count). The number of nitrogens with one attached hydrogen (secondary N) is 2. The number of aryl methyl sites for hydroxylation is 1. The molecule has 14 nitrogen and oxygen atoms in total.